The molecule has 2 aromatic carbocycles. The van der Waals surface area contributed by atoms with Crippen molar-refractivity contribution in [1.29, 1.82) is 0 Å². The number of aromatic nitrogens is 3. The normalized spacial score (nSPS) is 12.7. The highest BCUT2D eigenvalue weighted by Crippen LogP contribution is 2.28. The van der Waals surface area contributed by atoms with E-state index in [2.05, 4.69) is 30.3 Å². The third-order valence-corrected chi connectivity index (χ3v) is 5.94. The molecule has 3 rings (SSSR count). The van der Waals surface area contributed by atoms with Crippen LogP contribution in [0.4, 0.5) is 34.9 Å². The lowest BCUT2D eigenvalue weighted by Crippen LogP contribution is -2.11. The molecule has 7 N–H and O–H groups in total. The molecular weight excluding hydrogens is 502 g/mol. The molecule has 3 aromatic rings. The van der Waals surface area contributed by atoms with Crippen LogP contribution in [-0.4, -0.2) is 49.7 Å². The van der Waals surface area contributed by atoms with Gasteiger partial charge in [0.25, 0.3) is 20.2 Å². The molecule has 1 atom stereocenters. The van der Waals surface area contributed by atoms with Crippen molar-refractivity contribution in [3.8, 4) is 0 Å². The van der Waals surface area contributed by atoms with Gasteiger partial charge in [0, 0.05) is 11.3 Å². The lowest BCUT2D eigenvalue weighted by atomic mass is 10.3. The number of nitrogens with one attached hydrogen (secondary N) is 3. The van der Waals surface area contributed by atoms with Gasteiger partial charge in [-0.3, -0.25) is 13.3 Å². The fourth-order valence-electron chi connectivity index (χ4n) is 2.51. The van der Waals surface area contributed by atoms with Crippen LogP contribution in [0.3, 0.4) is 0 Å². The first kappa shape index (κ1) is 24.2. The highest BCUT2D eigenvalue weighted by Gasteiger charge is 2.21. The second-order valence-corrected chi connectivity index (χ2v) is 9.57. The predicted octanol–water partition coefficient (Wildman–Crippen LogP) is 0.640. The maximum absolute atomic E-state index is 11.7. The summed E-state index contributed by atoms with van der Waals surface area (Å²) in [5, 5.41) is 5.10. The number of hydrogen-bond acceptors (Lipinski definition) is 12. The quantitative estimate of drug-likeness (QED) is 0.177. The van der Waals surface area contributed by atoms with Gasteiger partial charge in [-0.1, -0.05) is 12.1 Å². The van der Waals surface area contributed by atoms with Gasteiger partial charge in [0.05, 0.1) is 22.0 Å². The molecule has 1 heterocycles. The maximum Gasteiger partial charge on any atom is 0.296 e. The second kappa shape index (κ2) is 9.21. The maximum atomic E-state index is 11.7. The van der Waals surface area contributed by atoms with Crippen LogP contribution in [0, 0.1) is 0 Å². The van der Waals surface area contributed by atoms with Gasteiger partial charge < -0.3 is 25.6 Å². The highest BCUT2D eigenvalue weighted by molar-refractivity contribution is 7.86. The van der Waals surface area contributed by atoms with E-state index in [1.807, 2.05) is 0 Å². The molecule has 0 aliphatic carbocycles. The predicted molar refractivity (Wildman–Crippen MR) is 116 cm³/mol. The molecule has 15 nitrogen and oxygen atoms in total. The van der Waals surface area contributed by atoms with Gasteiger partial charge in [-0.15, -0.1) is 0 Å². The lowest BCUT2D eigenvalue weighted by Gasteiger charge is -2.15. The molecule has 0 bridgehead atoms. The Hall–Kier alpha value is -3.42. The Morgan fingerprint density at radius 2 is 1.42 bits per heavy atom. The molecule has 0 saturated heterocycles. The topological polar surface area (TPSA) is 250 Å². The largest absolute Gasteiger partial charge is 0.755 e. The van der Waals surface area contributed by atoms with Crippen molar-refractivity contribution in [1.82, 2.24) is 15.0 Å². The first-order valence-corrected chi connectivity index (χ1v) is 12.4. The molecule has 0 fully saturated rings. The zero-order chi connectivity index (χ0) is 24.4. The van der Waals surface area contributed by atoms with Gasteiger partial charge in [0.1, 0.15) is 4.90 Å². The van der Waals surface area contributed by atoms with E-state index in [0.717, 1.165) is 18.2 Å². The van der Waals surface area contributed by atoms with Crippen LogP contribution in [0.25, 0.3) is 0 Å². The molecule has 1 aromatic heterocycles. The fraction of sp³-hybridized carbons (Fsp3) is 0. The highest BCUT2D eigenvalue weighted by atomic mass is 32.2. The van der Waals surface area contributed by atoms with E-state index in [-0.39, 0.29) is 29.2 Å². The molecule has 33 heavy (non-hydrogen) atoms. The van der Waals surface area contributed by atoms with Crippen LogP contribution in [-0.2, 0) is 31.5 Å². The summed E-state index contributed by atoms with van der Waals surface area (Å²) in [7, 11) is -9.54. The van der Waals surface area contributed by atoms with E-state index in [9.17, 15) is 34.7 Å². The van der Waals surface area contributed by atoms with Crippen molar-refractivity contribution in [3.63, 3.8) is 0 Å². The van der Waals surface area contributed by atoms with Crippen LogP contribution in [0.15, 0.2) is 52.3 Å². The van der Waals surface area contributed by atoms with Crippen LogP contribution >= 0.6 is 0 Å². The molecule has 176 valence electrons. The number of anilines is 6. The summed E-state index contributed by atoms with van der Waals surface area (Å²) in [6.07, 6.45) is 0. The number of rotatable bonds is 8. The molecule has 0 amide bonds. The summed E-state index contributed by atoms with van der Waals surface area (Å²) in [5.74, 6) is -0.928. The number of nitrogens with zero attached hydrogens (tertiary/aromatic N) is 3. The molecule has 0 aliphatic rings. The first-order valence-electron chi connectivity index (χ1n) is 8.42. The minimum atomic E-state index is -4.83. The summed E-state index contributed by atoms with van der Waals surface area (Å²) in [5.41, 5.74) is 5.53. The Labute approximate surface area is 189 Å². The number of nitrogen functional groups attached to an aromatic ring is 1. The monoisotopic (exact) mass is 516 g/mol. The minimum Gasteiger partial charge on any atom is -0.755 e. The van der Waals surface area contributed by atoms with Crippen molar-refractivity contribution < 1.29 is 34.7 Å². The second-order valence-electron chi connectivity index (χ2n) is 6.08. The number of nitrogens with two attached hydrogens (primary N) is 1. The molecule has 1 unspecified atom stereocenters. The van der Waals surface area contributed by atoms with Crippen LogP contribution < -0.4 is 21.1 Å². The molecule has 0 saturated carbocycles. The summed E-state index contributed by atoms with van der Waals surface area (Å²) in [4.78, 5) is 10.1. The van der Waals surface area contributed by atoms with E-state index in [0.29, 0.717) is 0 Å². The van der Waals surface area contributed by atoms with E-state index in [1.54, 1.807) is 12.1 Å². The van der Waals surface area contributed by atoms with E-state index in [1.165, 1.54) is 12.1 Å². The van der Waals surface area contributed by atoms with E-state index in [4.69, 9.17) is 5.73 Å². The summed E-state index contributed by atoms with van der Waals surface area (Å²) in [6.45, 7) is 0. The summed E-state index contributed by atoms with van der Waals surface area (Å²) in [6, 6.07) is 8.33. The van der Waals surface area contributed by atoms with Gasteiger partial charge >= 0.3 is 0 Å². The smallest absolute Gasteiger partial charge is 0.296 e. The Morgan fingerprint density at radius 3 is 1.97 bits per heavy atom. The third-order valence-electron chi connectivity index (χ3n) is 3.79. The van der Waals surface area contributed by atoms with Crippen molar-refractivity contribution in [2.45, 2.75) is 9.79 Å². The Kier molecular flexibility index (Phi) is 6.76. The standard InChI is InChI=1S/C15H15N7O8S3/c16-13-19-14(17-9-3-1-2-4-10(9)22-31(23)24)21-15(20-13)18-11-7-8(32(25,26)27)5-6-12(11)33(28,29)30/h1-7,22H,(H,23,24)(H,25,26,27)(H,28,29,30)(H4,16,17,18,19,20,21)/p-1. The Bertz CT molecular complexity index is 1450. The number of hydrogen-bond donors (Lipinski definition) is 6. The van der Waals surface area contributed by atoms with Crippen molar-refractivity contribution >= 4 is 66.4 Å². The molecule has 18 heteroatoms. The van der Waals surface area contributed by atoms with E-state index < -0.39 is 47.0 Å². The number of benzene rings is 2. The zero-order valence-electron chi connectivity index (χ0n) is 16.0. The van der Waals surface area contributed by atoms with Gasteiger partial charge in [-0.25, -0.2) is 0 Å². The lowest BCUT2D eigenvalue weighted by molar-refractivity contribution is 0.479. The summed E-state index contributed by atoms with van der Waals surface area (Å²) >= 11 is -2.62. The van der Waals surface area contributed by atoms with Crippen LogP contribution in [0.1, 0.15) is 0 Å². The van der Waals surface area contributed by atoms with Gasteiger partial charge in [0.2, 0.25) is 17.8 Å². The van der Waals surface area contributed by atoms with Gasteiger partial charge in [-0.05, 0) is 30.3 Å². The average molecular weight is 517 g/mol. The van der Waals surface area contributed by atoms with Crippen LogP contribution in [0.2, 0.25) is 0 Å². The first-order chi connectivity index (χ1) is 15.3. The van der Waals surface area contributed by atoms with Gasteiger partial charge in [0.15, 0.2) is 0 Å². The average Bonchev–Trinajstić information content (AvgIpc) is 2.67. The van der Waals surface area contributed by atoms with Crippen molar-refractivity contribution in [3.05, 3.63) is 42.5 Å². The van der Waals surface area contributed by atoms with Crippen molar-refractivity contribution in [2.75, 3.05) is 21.1 Å². The number of para-hydroxylation sites is 2. The Morgan fingerprint density at radius 1 is 0.848 bits per heavy atom. The van der Waals surface area contributed by atoms with E-state index >= 15 is 0 Å². The molecular formula is C15H14N7O8S3-. The minimum absolute atomic E-state index is 0.147. The molecule has 0 radical (unpaired) electrons. The van der Waals surface area contributed by atoms with Crippen molar-refractivity contribution in [2.24, 2.45) is 0 Å². The zero-order valence-corrected chi connectivity index (χ0v) is 18.5. The Balaban J connectivity index is 2.01. The molecule has 0 aliphatic heterocycles. The van der Waals surface area contributed by atoms with Crippen LogP contribution in [0.5, 0.6) is 0 Å². The van der Waals surface area contributed by atoms with Gasteiger partial charge in [-0.2, -0.15) is 31.8 Å². The third kappa shape index (κ3) is 6.31. The molecule has 0 spiro atoms. The SMILES string of the molecule is Nc1nc(Nc2ccccc2NS(=O)[O-])nc(Nc2cc(S(=O)(=O)O)ccc2S(=O)(=O)O)n1. The fourth-order valence-corrected chi connectivity index (χ4v) is 4.00. The summed E-state index contributed by atoms with van der Waals surface area (Å²) < 4.78 is 88.9.